The van der Waals surface area contributed by atoms with E-state index in [2.05, 4.69) is 5.43 Å². The average Bonchev–Trinajstić information content (AvgIpc) is 2.71. The summed E-state index contributed by atoms with van der Waals surface area (Å²) in [5, 5.41) is 0. The zero-order chi connectivity index (χ0) is 14.3. The van der Waals surface area contributed by atoms with E-state index in [4.69, 9.17) is 10.6 Å². The van der Waals surface area contributed by atoms with Gasteiger partial charge < -0.3 is 10.2 Å². The quantitative estimate of drug-likeness (QED) is 0.651. The number of Topliss-reactive ketones (excluding diaryl/α,β-unsaturated/α-hetero) is 1. The number of benzene rings is 2. The van der Waals surface area contributed by atoms with Crippen LogP contribution in [0, 0.1) is 5.82 Å². The molecule has 1 aliphatic rings. The van der Waals surface area contributed by atoms with E-state index in [9.17, 15) is 9.18 Å². The van der Waals surface area contributed by atoms with Crippen LogP contribution in [0.2, 0.25) is 0 Å². The van der Waals surface area contributed by atoms with Gasteiger partial charge in [-0.05, 0) is 31.2 Å². The van der Waals surface area contributed by atoms with Crippen LogP contribution in [0.3, 0.4) is 0 Å². The van der Waals surface area contributed by atoms with Crippen molar-refractivity contribution in [1.29, 1.82) is 0 Å². The molecule has 0 fully saturated rings. The van der Waals surface area contributed by atoms with Crippen LogP contribution in [0.5, 0.6) is 5.75 Å². The summed E-state index contributed by atoms with van der Waals surface area (Å²) in [6.45, 7) is 1.68. The van der Waals surface area contributed by atoms with Crippen molar-refractivity contribution in [1.82, 2.24) is 0 Å². The first kappa shape index (κ1) is 12.6. The third-order valence-corrected chi connectivity index (χ3v) is 3.54. The number of fused-ring (bicyclic) bond motifs is 1. The molecule has 2 aromatic rings. The minimum absolute atomic E-state index is 0.150. The molecular formula is C15H13FN2O2. The molecule has 1 atom stereocenters. The Balaban J connectivity index is 2.05. The Bertz CT molecular complexity index is 685. The SMILES string of the molecule is C[C@]1(c2ccc(F)cc2)Oc2cc(NN)ccc2C1=O. The van der Waals surface area contributed by atoms with Gasteiger partial charge in [-0.3, -0.25) is 10.6 Å². The van der Waals surface area contributed by atoms with Gasteiger partial charge in [0.2, 0.25) is 5.78 Å². The number of carbonyl (C=O) groups excluding carboxylic acids is 1. The molecule has 102 valence electrons. The lowest BCUT2D eigenvalue weighted by atomic mass is 9.90. The Labute approximate surface area is 115 Å². The van der Waals surface area contributed by atoms with Crippen LogP contribution >= 0.6 is 0 Å². The molecule has 0 saturated carbocycles. The van der Waals surface area contributed by atoms with Crippen LogP contribution in [0.4, 0.5) is 10.1 Å². The maximum atomic E-state index is 13.0. The fraction of sp³-hybridized carbons (Fsp3) is 0.133. The molecule has 0 spiro atoms. The summed E-state index contributed by atoms with van der Waals surface area (Å²) in [6, 6.07) is 10.8. The third kappa shape index (κ3) is 1.75. The van der Waals surface area contributed by atoms with Gasteiger partial charge in [-0.1, -0.05) is 12.1 Å². The van der Waals surface area contributed by atoms with Crippen LogP contribution in [0.1, 0.15) is 22.8 Å². The van der Waals surface area contributed by atoms with E-state index >= 15 is 0 Å². The Hall–Kier alpha value is -2.40. The number of nitrogens with one attached hydrogen (secondary N) is 1. The normalized spacial score (nSPS) is 20.4. The lowest BCUT2D eigenvalue weighted by Crippen LogP contribution is -2.33. The lowest BCUT2D eigenvalue weighted by molar-refractivity contribution is 0.0619. The van der Waals surface area contributed by atoms with Crippen LogP contribution in [0.15, 0.2) is 42.5 Å². The van der Waals surface area contributed by atoms with Crippen LogP contribution in [-0.2, 0) is 5.60 Å². The number of nitrogens with two attached hydrogens (primary N) is 1. The molecule has 0 bridgehead atoms. The van der Waals surface area contributed by atoms with Gasteiger partial charge in [0.15, 0.2) is 5.60 Å². The van der Waals surface area contributed by atoms with Gasteiger partial charge in [0.05, 0.1) is 11.3 Å². The second kappa shape index (κ2) is 4.31. The average molecular weight is 272 g/mol. The molecule has 5 heteroatoms. The standard InChI is InChI=1S/C15H13FN2O2/c1-15(9-2-4-10(16)5-3-9)14(19)12-7-6-11(18-17)8-13(12)20-15/h2-8,18H,17H2,1H3/t15-/m1/s1. The minimum atomic E-state index is -1.14. The molecule has 1 aliphatic heterocycles. The van der Waals surface area contributed by atoms with Crippen molar-refractivity contribution in [3.63, 3.8) is 0 Å². The Morgan fingerprint density at radius 3 is 2.55 bits per heavy atom. The van der Waals surface area contributed by atoms with Gasteiger partial charge in [-0.15, -0.1) is 0 Å². The maximum Gasteiger partial charge on any atom is 0.214 e. The van der Waals surface area contributed by atoms with Gasteiger partial charge in [-0.2, -0.15) is 0 Å². The summed E-state index contributed by atoms with van der Waals surface area (Å²) >= 11 is 0. The van der Waals surface area contributed by atoms with E-state index in [1.165, 1.54) is 12.1 Å². The highest BCUT2D eigenvalue weighted by atomic mass is 19.1. The number of halogens is 1. The highest BCUT2D eigenvalue weighted by Crippen LogP contribution is 2.42. The smallest absolute Gasteiger partial charge is 0.214 e. The summed E-state index contributed by atoms with van der Waals surface area (Å²) in [5.41, 5.74) is 3.13. The summed E-state index contributed by atoms with van der Waals surface area (Å²) in [4.78, 5) is 12.5. The zero-order valence-corrected chi connectivity index (χ0v) is 10.8. The lowest BCUT2D eigenvalue weighted by Gasteiger charge is -2.22. The molecule has 0 amide bonds. The molecule has 4 nitrogen and oxygen atoms in total. The first-order valence-electron chi connectivity index (χ1n) is 6.15. The molecular weight excluding hydrogens is 259 g/mol. The number of anilines is 1. The molecule has 1 heterocycles. The summed E-state index contributed by atoms with van der Waals surface area (Å²) < 4.78 is 18.8. The van der Waals surface area contributed by atoms with Crippen molar-refractivity contribution >= 4 is 11.5 Å². The predicted octanol–water partition coefficient (Wildman–Crippen LogP) is 2.60. The van der Waals surface area contributed by atoms with Crippen LogP contribution in [0.25, 0.3) is 0 Å². The van der Waals surface area contributed by atoms with Crippen molar-refractivity contribution in [3.05, 3.63) is 59.4 Å². The molecule has 3 rings (SSSR count). The van der Waals surface area contributed by atoms with Crippen molar-refractivity contribution in [2.75, 3.05) is 5.43 Å². The first-order valence-corrected chi connectivity index (χ1v) is 6.15. The van der Waals surface area contributed by atoms with Gasteiger partial charge in [-0.25, -0.2) is 4.39 Å². The van der Waals surface area contributed by atoms with Gasteiger partial charge in [0, 0.05) is 11.6 Å². The van der Waals surface area contributed by atoms with Crippen LogP contribution in [-0.4, -0.2) is 5.78 Å². The van der Waals surface area contributed by atoms with E-state index in [0.717, 1.165) is 0 Å². The molecule has 2 aromatic carbocycles. The minimum Gasteiger partial charge on any atom is -0.474 e. The van der Waals surface area contributed by atoms with Crippen molar-refractivity contribution < 1.29 is 13.9 Å². The van der Waals surface area contributed by atoms with E-state index in [1.54, 1.807) is 37.3 Å². The number of nitrogen functional groups attached to an aromatic ring is 1. The molecule has 3 N–H and O–H groups in total. The highest BCUT2D eigenvalue weighted by Gasteiger charge is 2.45. The summed E-state index contributed by atoms with van der Waals surface area (Å²) in [6.07, 6.45) is 0. The van der Waals surface area contributed by atoms with E-state index in [-0.39, 0.29) is 11.6 Å². The maximum absolute atomic E-state index is 13.0. The van der Waals surface area contributed by atoms with Crippen molar-refractivity contribution in [2.24, 2.45) is 5.84 Å². The second-order valence-electron chi connectivity index (χ2n) is 4.83. The number of carbonyl (C=O) groups is 1. The predicted molar refractivity (Wildman–Crippen MR) is 73.0 cm³/mol. The van der Waals surface area contributed by atoms with E-state index in [0.29, 0.717) is 22.6 Å². The number of hydrogen-bond acceptors (Lipinski definition) is 4. The first-order chi connectivity index (χ1) is 9.54. The summed E-state index contributed by atoms with van der Waals surface area (Å²) in [5.74, 6) is 5.31. The number of rotatable bonds is 2. The largest absolute Gasteiger partial charge is 0.474 e. The topological polar surface area (TPSA) is 64.3 Å². The Kier molecular flexibility index (Phi) is 2.72. The fourth-order valence-electron chi connectivity index (χ4n) is 2.37. The van der Waals surface area contributed by atoms with Crippen LogP contribution < -0.4 is 16.0 Å². The Morgan fingerprint density at radius 1 is 1.20 bits per heavy atom. The fourth-order valence-corrected chi connectivity index (χ4v) is 2.37. The number of ether oxygens (including phenoxy) is 1. The molecule has 0 aliphatic carbocycles. The van der Waals surface area contributed by atoms with Crippen molar-refractivity contribution in [3.8, 4) is 5.75 Å². The van der Waals surface area contributed by atoms with E-state index < -0.39 is 5.60 Å². The molecule has 0 saturated heterocycles. The number of ketones is 1. The zero-order valence-electron chi connectivity index (χ0n) is 10.8. The molecule has 20 heavy (non-hydrogen) atoms. The number of hydrogen-bond donors (Lipinski definition) is 2. The third-order valence-electron chi connectivity index (χ3n) is 3.54. The van der Waals surface area contributed by atoms with E-state index in [1.807, 2.05) is 0 Å². The highest BCUT2D eigenvalue weighted by molar-refractivity contribution is 6.08. The molecule has 0 aromatic heterocycles. The van der Waals surface area contributed by atoms with Gasteiger partial charge in [0.1, 0.15) is 11.6 Å². The van der Waals surface area contributed by atoms with Crippen molar-refractivity contribution in [2.45, 2.75) is 12.5 Å². The Morgan fingerprint density at radius 2 is 1.90 bits per heavy atom. The van der Waals surface area contributed by atoms with Gasteiger partial charge in [0.25, 0.3) is 0 Å². The second-order valence-corrected chi connectivity index (χ2v) is 4.83. The summed E-state index contributed by atoms with van der Waals surface area (Å²) in [7, 11) is 0. The molecule has 0 radical (unpaired) electrons. The molecule has 0 unspecified atom stereocenters. The van der Waals surface area contributed by atoms with Gasteiger partial charge >= 0.3 is 0 Å². The number of hydrazine groups is 1. The monoisotopic (exact) mass is 272 g/mol.